The number of imidazole rings is 1. The van der Waals surface area contributed by atoms with Crippen LogP contribution in [0, 0.1) is 6.92 Å². The van der Waals surface area contributed by atoms with Crippen LogP contribution in [0.1, 0.15) is 27.6 Å². The van der Waals surface area contributed by atoms with Crippen molar-refractivity contribution in [3.8, 4) is 34.1 Å². The van der Waals surface area contributed by atoms with Crippen LogP contribution in [0.3, 0.4) is 0 Å². The molecule has 0 bridgehead atoms. The number of rotatable bonds is 7. The van der Waals surface area contributed by atoms with Gasteiger partial charge in [0.2, 0.25) is 5.88 Å². The van der Waals surface area contributed by atoms with Crippen LogP contribution in [0.2, 0.25) is 0 Å². The lowest BCUT2D eigenvalue weighted by Gasteiger charge is -2.09. The first-order valence-electron chi connectivity index (χ1n) is 12.6. The number of anilines is 1. The maximum atomic E-state index is 13.0. The molecule has 0 aliphatic heterocycles. The fourth-order valence-corrected chi connectivity index (χ4v) is 4.50. The van der Waals surface area contributed by atoms with Gasteiger partial charge in [0.1, 0.15) is 17.4 Å². The summed E-state index contributed by atoms with van der Waals surface area (Å²) in [7, 11) is 1.57. The van der Waals surface area contributed by atoms with E-state index < -0.39 is 0 Å². The highest BCUT2D eigenvalue weighted by Gasteiger charge is 2.15. The first kappa shape index (κ1) is 24.8. The van der Waals surface area contributed by atoms with Gasteiger partial charge >= 0.3 is 0 Å². The first-order chi connectivity index (χ1) is 19.5. The van der Waals surface area contributed by atoms with Gasteiger partial charge in [0, 0.05) is 29.4 Å². The summed E-state index contributed by atoms with van der Waals surface area (Å²) in [5, 5.41) is 20.6. The number of methoxy groups -OCH3 is 1. The highest BCUT2D eigenvalue weighted by molar-refractivity contribution is 6.06. The van der Waals surface area contributed by atoms with Crippen molar-refractivity contribution in [2.24, 2.45) is 0 Å². The molecule has 3 heterocycles. The van der Waals surface area contributed by atoms with Gasteiger partial charge in [-0.2, -0.15) is 5.10 Å². The third-order valence-corrected chi connectivity index (χ3v) is 6.49. The van der Waals surface area contributed by atoms with Crippen LogP contribution in [-0.2, 0) is 6.42 Å². The molecule has 4 N–H and O–H groups in total. The minimum Gasteiger partial charge on any atom is -0.507 e. The number of hydrogen-bond acceptors (Lipinski definition) is 7. The zero-order chi connectivity index (χ0) is 27.6. The van der Waals surface area contributed by atoms with Gasteiger partial charge in [0.05, 0.1) is 23.7 Å². The molecular formula is C30H25N7O3. The van der Waals surface area contributed by atoms with E-state index in [1.807, 2.05) is 49.4 Å². The van der Waals surface area contributed by atoms with Gasteiger partial charge in [-0.3, -0.25) is 9.89 Å². The van der Waals surface area contributed by atoms with E-state index in [2.05, 4.69) is 35.5 Å². The Hall–Kier alpha value is -5.51. The number of carbonyl (C=O) groups excluding carboxylic acids is 1. The molecule has 10 nitrogen and oxygen atoms in total. The Morgan fingerprint density at radius 3 is 2.62 bits per heavy atom. The number of aromatic amines is 2. The molecule has 0 radical (unpaired) electrons. The van der Waals surface area contributed by atoms with Crippen molar-refractivity contribution in [1.29, 1.82) is 0 Å². The second-order valence-electron chi connectivity index (χ2n) is 9.27. The van der Waals surface area contributed by atoms with Gasteiger partial charge in [0.25, 0.3) is 5.91 Å². The molecule has 0 fully saturated rings. The highest BCUT2D eigenvalue weighted by atomic mass is 16.5. The van der Waals surface area contributed by atoms with Gasteiger partial charge in [0.15, 0.2) is 5.82 Å². The van der Waals surface area contributed by atoms with Gasteiger partial charge < -0.3 is 20.1 Å². The van der Waals surface area contributed by atoms with Crippen molar-refractivity contribution in [3.63, 3.8) is 0 Å². The molecule has 0 saturated heterocycles. The van der Waals surface area contributed by atoms with Crippen molar-refractivity contribution in [3.05, 3.63) is 102 Å². The molecule has 0 atom stereocenters. The lowest BCUT2D eigenvalue weighted by atomic mass is 10.0. The minimum absolute atomic E-state index is 0.0743. The second-order valence-corrected chi connectivity index (χ2v) is 9.27. The number of nitrogens with one attached hydrogen (secondary N) is 3. The minimum atomic E-state index is -0.246. The number of phenolic OH excluding ortho intramolecular Hbond substituents is 1. The summed E-state index contributed by atoms with van der Waals surface area (Å²) in [6.45, 7) is 1.86. The average Bonchev–Trinajstić information content (AvgIpc) is 3.59. The molecule has 198 valence electrons. The number of aromatic hydroxyl groups is 1. The average molecular weight is 532 g/mol. The van der Waals surface area contributed by atoms with Crippen molar-refractivity contribution in [2.45, 2.75) is 13.3 Å². The third-order valence-electron chi connectivity index (χ3n) is 6.49. The van der Waals surface area contributed by atoms with E-state index in [-0.39, 0.29) is 11.7 Å². The van der Waals surface area contributed by atoms with Crippen LogP contribution >= 0.6 is 0 Å². The quantitative estimate of drug-likeness (QED) is 0.220. The van der Waals surface area contributed by atoms with E-state index >= 15 is 0 Å². The summed E-state index contributed by atoms with van der Waals surface area (Å²) in [6, 6.07) is 21.8. The zero-order valence-corrected chi connectivity index (χ0v) is 21.8. The normalized spacial score (nSPS) is 11.1. The summed E-state index contributed by atoms with van der Waals surface area (Å²) in [5.41, 5.74) is 5.66. The zero-order valence-electron chi connectivity index (χ0n) is 21.8. The number of ether oxygens (including phenoxy) is 1. The number of phenols is 1. The Bertz CT molecular complexity index is 1840. The van der Waals surface area contributed by atoms with E-state index in [1.54, 1.807) is 43.6 Å². The molecule has 6 rings (SSSR count). The molecule has 0 spiro atoms. The molecule has 3 aromatic heterocycles. The maximum absolute atomic E-state index is 13.0. The van der Waals surface area contributed by atoms with Crippen LogP contribution in [0.5, 0.6) is 11.6 Å². The number of H-pyrrole nitrogens is 2. The number of nitrogens with zero attached hydrogens (tertiary/aromatic N) is 4. The third kappa shape index (κ3) is 4.97. The summed E-state index contributed by atoms with van der Waals surface area (Å²) < 4.78 is 5.39. The van der Waals surface area contributed by atoms with Crippen molar-refractivity contribution < 1.29 is 14.6 Å². The molecule has 6 aromatic rings. The van der Waals surface area contributed by atoms with E-state index in [4.69, 9.17) is 4.74 Å². The molecule has 40 heavy (non-hydrogen) atoms. The van der Waals surface area contributed by atoms with Gasteiger partial charge in [-0.05, 0) is 72.6 Å². The number of carbonyl (C=O) groups is 1. The Morgan fingerprint density at radius 1 is 1.00 bits per heavy atom. The summed E-state index contributed by atoms with van der Waals surface area (Å²) in [4.78, 5) is 29.5. The van der Waals surface area contributed by atoms with E-state index in [1.165, 1.54) is 0 Å². The molecule has 0 saturated carbocycles. The number of aromatic nitrogens is 6. The fraction of sp³-hybridized carbons (Fsp3) is 0.100. The van der Waals surface area contributed by atoms with Gasteiger partial charge in [-0.1, -0.05) is 18.2 Å². The number of benzene rings is 3. The van der Waals surface area contributed by atoms with Crippen LogP contribution in [0.25, 0.3) is 33.5 Å². The Kier molecular flexibility index (Phi) is 6.41. The van der Waals surface area contributed by atoms with E-state index in [0.29, 0.717) is 46.0 Å². The molecule has 0 aliphatic rings. The number of pyridine rings is 1. The number of aryl methyl sites for hydroxylation is 1. The fourth-order valence-electron chi connectivity index (χ4n) is 4.50. The van der Waals surface area contributed by atoms with Crippen LogP contribution in [-0.4, -0.2) is 48.3 Å². The predicted octanol–water partition coefficient (Wildman–Crippen LogP) is 5.28. The number of amides is 1. The van der Waals surface area contributed by atoms with Crippen LogP contribution in [0.15, 0.2) is 79.0 Å². The standard InChI is InChI=1S/C30H25N7O3/c1-17-32-27(37-36-17)14-18-5-9-21(10-6-18)33-29(39)20-7-11-24-25(16-20)35-28(34-24)23-15-19(8-12-26(23)38)22-4-3-13-31-30(22)40-2/h3-13,15-16,38H,14H2,1-2H3,(H,33,39)(H,34,35)(H,32,36,37). The predicted molar refractivity (Wildman–Crippen MR) is 151 cm³/mol. The molecule has 1 amide bonds. The Labute approximate surface area is 229 Å². The number of fused-ring (bicyclic) bond motifs is 1. The molecular weight excluding hydrogens is 506 g/mol. The topological polar surface area (TPSA) is 142 Å². The van der Waals surface area contributed by atoms with Crippen molar-refractivity contribution in [2.75, 3.05) is 12.4 Å². The molecule has 10 heteroatoms. The van der Waals surface area contributed by atoms with E-state index in [9.17, 15) is 9.90 Å². The van der Waals surface area contributed by atoms with Crippen LogP contribution < -0.4 is 10.1 Å². The smallest absolute Gasteiger partial charge is 0.255 e. The largest absolute Gasteiger partial charge is 0.507 e. The lowest BCUT2D eigenvalue weighted by molar-refractivity contribution is 0.102. The summed E-state index contributed by atoms with van der Waals surface area (Å²) >= 11 is 0. The van der Waals surface area contributed by atoms with Gasteiger partial charge in [-0.25, -0.2) is 15.0 Å². The number of hydrogen-bond donors (Lipinski definition) is 4. The second kappa shape index (κ2) is 10.3. The summed E-state index contributed by atoms with van der Waals surface area (Å²) in [5.74, 6) is 2.29. The highest BCUT2D eigenvalue weighted by Crippen LogP contribution is 2.35. The van der Waals surface area contributed by atoms with Crippen molar-refractivity contribution >= 4 is 22.6 Å². The SMILES string of the molecule is COc1ncccc1-c1ccc(O)c(-c2nc3ccc(C(=O)Nc4ccc(Cc5n[nH]c(C)n5)cc4)cc3[nH]2)c1. The first-order valence-corrected chi connectivity index (χ1v) is 12.6. The lowest BCUT2D eigenvalue weighted by Crippen LogP contribution is -2.11. The maximum Gasteiger partial charge on any atom is 0.255 e. The molecule has 3 aromatic carbocycles. The van der Waals surface area contributed by atoms with Crippen molar-refractivity contribution in [1.82, 2.24) is 30.1 Å². The molecule has 0 aliphatic carbocycles. The Morgan fingerprint density at radius 2 is 1.85 bits per heavy atom. The summed E-state index contributed by atoms with van der Waals surface area (Å²) in [6.07, 6.45) is 2.26. The van der Waals surface area contributed by atoms with E-state index in [0.717, 1.165) is 28.3 Å². The van der Waals surface area contributed by atoms with Crippen LogP contribution in [0.4, 0.5) is 5.69 Å². The Balaban J connectivity index is 1.22. The molecule has 0 unspecified atom stereocenters. The monoisotopic (exact) mass is 531 g/mol. The van der Waals surface area contributed by atoms with Gasteiger partial charge in [-0.15, -0.1) is 0 Å².